The van der Waals surface area contributed by atoms with Gasteiger partial charge in [-0.15, -0.1) is 0 Å². The second-order valence-electron chi connectivity index (χ2n) is 13.4. The Labute approximate surface area is 309 Å². The molecule has 0 atom stereocenters. The second-order valence-corrected chi connectivity index (χ2v) is 13.4. The van der Waals surface area contributed by atoms with E-state index in [1.807, 2.05) is 97.1 Å². The lowest BCUT2D eigenvalue weighted by molar-refractivity contribution is 0.670. The zero-order chi connectivity index (χ0) is 35.6. The van der Waals surface area contributed by atoms with Gasteiger partial charge in [0, 0.05) is 49.4 Å². The molecule has 0 saturated heterocycles. The number of pyridine rings is 1. The minimum absolute atomic E-state index is 0.601. The van der Waals surface area contributed by atoms with Crippen LogP contribution in [0, 0.1) is 0 Å². The first-order valence-corrected chi connectivity index (χ1v) is 17.9. The van der Waals surface area contributed by atoms with Gasteiger partial charge in [-0.2, -0.15) is 0 Å². The molecule has 7 aromatic carbocycles. The van der Waals surface area contributed by atoms with E-state index in [1.165, 1.54) is 0 Å². The first-order chi connectivity index (χ1) is 26.7. The van der Waals surface area contributed by atoms with Crippen molar-refractivity contribution >= 4 is 54.8 Å². The van der Waals surface area contributed by atoms with Crippen molar-refractivity contribution in [1.29, 1.82) is 0 Å². The topological polar surface area (TPSA) is 77.8 Å². The number of fused-ring (bicyclic) bond motifs is 8. The molecule has 11 aromatic rings. The monoisotopic (exact) mass is 692 g/mol. The molecule has 0 N–H and O–H groups in total. The number of hydrogen-bond donors (Lipinski definition) is 0. The lowest BCUT2D eigenvalue weighted by Crippen LogP contribution is -2.00. The third kappa shape index (κ3) is 4.89. The van der Waals surface area contributed by atoms with Crippen LogP contribution < -0.4 is 0 Å². The number of benzene rings is 7. The fourth-order valence-corrected chi connectivity index (χ4v) is 7.53. The van der Waals surface area contributed by atoms with E-state index in [4.69, 9.17) is 28.8 Å². The van der Waals surface area contributed by atoms with Gasteiger partial charge in [-0.25, -0.2) is 19.9 Å². The average Bonchev–Trinajstić information content (AvgIpc) is 3.83. The summed E-state index contributed by atoms with van der Waals surface area (Å²) in [6.45, 7) is 0. The highest BCUT2D eigenvalue weighted by Gasteiger charge is 2.20. The van der Waals surface area contributed by atoms with Gasteiger partial charge in [0.05, 0.1) is 16.6 Å². The Kier molecular flexibility index (Phi) is 6.75. The van der Waals surface area contributed by atoms with E-state index in [9.17, 15) is 0 Å². The fourth-order valence-electron chi connectivity index (χ4n) is 7.53. The fraction of sp³-hybridized carbons (Fsp3) is 0. The van der Waals surface area contributed by atoms with Gasteiger partial charge < -0.3 is 8.83 Å². The number of para-hydroxylation sites is 3. The van der Waals surface area contributed by atoms with Crippen molar-refractivity contribution in [3.05, 3.63) is 170 Å². The number of rotatable bonds is 5. The smallest absolute Gasteiger partial charge is 0.164 e. The van der Waals surface area contributed by atoms with Crippen LogP contribution in [-0.4, -0.2) is 19.9 Å². The Morgan fingerprint density at radius 1 is 0.333 bits per heavy atom. The highest BCUT2D eigenvalue weighted by atomic mass is 16.3. The molecule has 4 heterocycles. The zero-order valence-electron chi connectivity index (χ0n) is 28.8. The normalized spacial score (nSPS) is 11.7. The van der Waals surface area contributed by atoms with E-state index in [0.29, 0.717) is 17.5 Å². The standard InChI is InChI=1S/C48H28N4O2/c1-3-12-30(13-4-1)46-50-47(31-14-5-2-6-15-31)52-48(51-46)32-24-22-29(23-25-32)43-42-38-17-8-10-21-41(38)54-45(42)37-27-26-33(28-39(37)49-43)34-18-11-19-36-35-16-7-9-20-40(35)53-44(34)36/h1-28H. The third-order valence-corrected chi connectivity index (χ3v) is 10.1. The summed E-state index contributed by atoms with van der Waals surface area (Å²) in [6, 6.07) is 57.4. The summed E-state index contributed by atoms with van der Waals surface area (Å²) in [6.07, 6.45) is 0. The van der Waals surface area contributed by atoms with Gasteiger partial charge in [0.15, 0.2) is 17.5 Å². The molecule has 54 heavy (non-hydrogen) atoms. The molecular weight excluding hydrogens is 665 g/mol. The molecular formula is C48H28N4O2. The van der Waals surface area contributed by atoms with E-state index < -0.39 is 0 Å². The maximum absolute atomic E-state index is 6.60. The van der Waals surface area contributed by atoms with Crippen LogP contribution in [0.5, 0.6) is 0 Å². The lowest BCUT2D eigenvalue weighted by Gasteiger charge is -2.10. The molecule has 0 radical (unpaired) electrons. The average molecular weight is 693 g/mol. The Bertz CT molecular complexity index is 3150. The maximum Gasteiger partial charge on any atom is 0.164 e. The summed E-state index contributed by atoms with van der Waals surface area (Å²) in [5.74, 6) is 1.85. The zero-order valence-corrected chi connectivity index (χ0v) is 28.8. The van der Waals surface area contributed by atoms with E-state index in [0.717, 1.165) is 93.9 Å². The van der Waals surface area contributed by atoms with Crippen LogP contribution in [0.4, 0.5) is 0 Å². The van der Waals surface area contributed by atoms with Gasteiger partial charge >= 0.3 is 0 Å². The molecule has 0 spiro atoms. The Balaban J connectivity index is 1.07. The Morgan fingerprint density at radius 2 is 0.852 bits per heavy atom. The van der Waals surface area contributed by atoms with E-state index in [-0.39, 0.29) is 0 Å². The predicted octanol–water partition coefficient (Wildman–Crippen LogP) is 12.6. The van der Waals surface area contributed by atoms with Crippen molar-refractivity contribution in [2.24, 2.45) is 0 Å². The van der Waals surface area contributed by atoms with Gasteiger partial charge in [0.2, 0.25) is 0 Å². The van der Waals surface area contributed by atoms with E-state index in [2.05, 4.69) is 72.8 Å². The molecule has 6 heteroatoms. The highest BCUT2D eigenvalue weighted by Crippen LogP contribution is 2.42. The molecule has 0 bridgehead atoms. The summed E-state index contributed by atoms with van der Waals surface area (Å²) in [5, 5.41) is 5.15. The van der Waals surface area contributed by atoms with Crippen molar-refractivity contribution < 1.29 is 8.83 Å². The summed E-state index contributed by atoms with van der Waals surface area (Å²) < 4.78 is 13.0. The lowest BCUT2D eigenvalue weighted by atomic mass is 9.98. The minimum Gasteiger partial charge on any atom is -0.455 e. The molecule has 0 saturated carbocycles. The predicted molar refractivity (Wildman–Crippen MR) is 217 cm³/mol. The second kappa shape index (κ2) is 12.1. The summed E-state index contributed by atoms with van der Waals surface area (Å²) in [4.78, 5) is 20.1. The molecule has 0 unspecified atom stereocenters. The van der Waals surface area contributed by atoms with Crippen molar-refractivity contribution in [3.63, 3.8) is 0 Å². The molecule has 6 nitrogen and oxygen atoms in total. The highest BCUT2D eigenvalue weighted by molar-refractivity contribution is 6.19. The van der Waals surface area contributed by atoms with E-state index >= 15 is 0 Å². The van der Waals surface area contributed by atoms with Gasteiger partial charge in [-0.05, 0) is 29.8 Å². The quantitative estimate of drug-likeness (QED) is 0.179. The summed E-state index contributed by atoms with van der Waals surface area (Å²) in [7, 11) is 0. The van der Waals surface area contributed by atoms with Gasteiger partial charge in [0.1, 0.15) is 22.3 Å². The van der Waals surface area contributed by atoms with Crippen LogP contribution in [0.3, 0.4) is 0 Å². The Morgan fingerprint density at radius 3 is 1.54 bits per heavy atom. The summed E-state index contributed by atoms with van der Waals surface area (Å²) >= 11 is 0. The number of furan rings is 2. The summed E-state index contributed by atoms with van der Waals surface area (Å²) in [5.41, 5.74) is 10.8. The largest absolute Gasteiger partial charge is 0.455 e. The van der Waals surface area contributed by atoms with Crippen molar-refractivity contribution in [2.75, 3.05) is 0 Å². The third-order valence-electron chi connectivity index (χ3n) is 10.1. The molecule has 0 aliphatic carbocycles. The van der Waals surface area contributed by atoms with E-state index in [1.54, 1.807) is 0 Å². The maximum atomic E-state index is 6.60. The number of hydrogen-bond acceptors (Lipinski definition) is 6. The molecule has 11 rings (SSSR count). The minimum atomic E-state index is 0.601. The molecule has 0 fully saturated rings. The van der Waals surface area contributed by atoms with Crippen LogP contribution in [0.1, 0.15) is 0 Å². The van der Waals surface area contributed by atoms with Crippen LogP contribution in [-0.2, 0) is 0 Å². The van der Waals surface area contributed by atoms with Gasteiger partial charge in [-0.1, -0.05) is 146 Å². The molecule has 0 aliphatic rings. The van der Waals surface area contributed by atoms with Crippen LogP contribution in [0.25, 0.3) is 111 Å². The SMILES string of the molecule is c1ccc(-c2nc(-c3ccccc3)nc(-c3ccc(-c4nc5cc(-c6cccc7c6oc6ccccc67)ccc5c5oc6ccccc6c45)cc3)n2)cc1. The first-order valence-electron chi connectivity index (χ1n) is 17.9. The molecule has 0 aliphatic heterocycles. The molecule has 0 amide bonds. The Hall–Kier alpha value is -7.44. The molecule has 252 valence electrons. The van der Waals surface area contributed by atoms with Gasteiger partial charge in [0.25, 0.3) is 0 Å². The van der Waals surface area contributed by atoms with Crippen LogP contribution >= 0.6 is 0 Å². The first kappa shape index (κ1) is 30.2. The van der Waals surface area contributed by atoms with Crippen LogP contribution in [0.2, 0.25) is 0 Å². The van der Waals surface area contributed by atoms with Crippen molar-refractivity contribution in [3.8, 4) is 56.5 Å². The van der Waals surface area contributed by atoms with Gasteiger partial charge in [-0.3, -0.25) is 0 Å². The van der Waals surface area contributed by atoms with Crippen LogP contribution in [0.15, 0.2) is 179 Å². The molecule has 4 aromatic heterocycles. The number of nitrogens with zero attached hydrogens (tertiary/aromatic N) is 4. The van der Waals surface area contributed by atoms with Crippen molar-refractivity contribution in [1.82, 2.24) is 19.9 Å². The number of aromatic nitrogens is 4. The van der Waals surface area contributed by atoms with Crippen molar-refractivity contribution in [2.45, 2.75) is 0 Å².